The van der Waals surface area contributed by atoms with Crippen molar-refractivity contribution in [2.45, 2.75) is 46.5 Å². The number of rotatable bonds is 10. The van der Waals surface area contributed by atoms with Crippen LogP contribution in [0.1, 0.15) is 45.1 Å². The minimum atomic E-state index is -0.0416. The van der Waals surface area contributed by atoms with Crippen LogP contribution in [0.5, 0.6) is 0 Å². The molecule has 3 rings (SSSR count). The summed E-state index contributed by atoms with van der Waals surface area (Å²) in [7, 11) is 0. The highest BCUT2D eigenvalue weighted by molar-refractivity contribution is 6.35. The molecule has 0 bridgehead atoms. The van der Waals surface area contributed by atoms with Gasteiger partial charge >= 0.3 is 0 Å². The normalized spacial score (nSPS) is 11.2. The summed E-state index contributed by atoms with van der Waals surface area (Å²) in [4.78, 5) is 15.7. The molecule has 0 saturated carbocycles. The van der Waals surface area contributed by atoms with E-state index in [-0.39, 0.29) is 17.8 Å². The Morgan fingerprint density at radius 1 is 1.03 bits per heavy atom. The average Bonchev–Trinajstić information content (AvgIpc) is 2.71. The highest BCUT2D eigenvalue weighted by atomic mass is 35.5. The molecule has 0 radical (unpaired) electrons. The lowest BCUT2D eigenvalue weighted by atomic mass is 10.1. The maximum atomic E-state index is 13.2. The highest BCUT2D eigenvalue weighted by Gasteiger charge is 2.15. The first-order chi connectivity index (χ1) is 14.0. The molecule has 1 aromatic heterocycles. The molecule has 164 valence electrons. The summed E-state index contributed by atoms with van der Waals surface area (Å²) in [6, 6.07) is 9.32. The molecule has 4 nitrogen and oxygen atoms in total. The molecular weight excluding hydrogens is 419 g/mol. The fourth-order valence-corrected chi connectivity index (χ4v) is 3.82. The Bertz CT molecular complexity index is 1030. The van der Waals surface area contributed by atoms with E-state index in [9.17, 15) is 4.79 Å². The lowest BCUT2D eigenvalue weighted by molar-refractivity contribution is 0.275. The summed E-state index contributed by atoms with van der Waals surface area (Å²) in [6.07, 6.45) is 4.82. The van der Waals surface area contributed by atoms with Crippen LogP contribution < -0.4 is 10.7 Å². The summed E-state index contributed by atoms with van der Waals surface area (Å²) in [5.74, 6) is 0. The van der Waals surface area contributed by atoms with Gasteiger partial charge in [-0.3, -0.25) is 4.79 Å². The van der Waals surface area contributed by atoms with E-state index in [1.165, 1.54) is 25.7 Å². The van der Waals surface area contributed by atoms with E-state index in [2.05, 4.69) is 24.1 Å². The van der Waals surface area contributed by atoms with Gasteiger partial charge in [0, 0.05) is 18.8 Å². The molecule has 2 aromatic carbocycles. The molecule has 1 N–H and O–H groups in total. The van der Waals surface area contributed by atoms with Crippen LogP contribution in [0.25, 0.3) is 21.9 Å². The third-order valence-electron chi connectivity index (χ3n) is 5.33. The second kappa shape index (κ2) is 11.6. The number of nitrogens with zero attached hydrogens (tertiary/aromatic N) is 1. The molecule has 6 heteroatoms. The van der Waals surface area contributed by atoms with Gasteiger partial charge in [0.05, 0.1) is 15.8 Å². The molecule has 0 aliphatic rings. The smallest absolute Gasteiger partial charge is 0.202 e. The maximum absolute atomic E-state index is 13.2. The van der Waals surface area contributed by atoms with Gasteiger partial charge in [0.1, 0.15) is 5.58 Å². The van der Waals surface area contributed by atoms with Crippen LogP contribution in [0.15, 0.2) is 39.5 Å². The van der Waals surface area contributed by atoms with Gasteiger partial charge in [-0.2, -0.15) is 0 Å². The van der Waals surface area contributed by atoms with E-state index in [1.54, 1.807) is 6.07 Å². The minimum Gasteiger partial charge on any atom is -0.454 e. The van der Waals surface area contributed by atoms with Gasteiger partial charge < -0.3 is 14.6 Å². The number of nitrogens with one attached hydrogen (secondary N) is 1. The van der Waals surface area contributed by atoms with Crippen molar-refractivity contribution in [1.29, 1.82) is 0 Å². The third kappa shape index (κ3) is 5.69. The largest absolute Gasteiger partial charge is 0.454 e. The average molecular weight is 451 g/mol. The highest BCUT2D eigenvalue weighted by Crippen LogP contribution is 2.30. The van der Waals surface area contributed by atoms with Crippen molar-refractivity contribution in [2.75, 3.05) is 31.5 Å². The van der Waals surface area contributed by atoms with Gasteiger partial charge in [-0.15, -0.1) is 12.4 Å². The van der Waals surface area contributed by atoms with Gasteiger partial charge in [-0.25, -0.2) is 0 Å². The van der Waals surface area contributed by atoms with E-state index in [1.807, 2.05) is 31.2 Å². The number of hydrogen-bond acceptors (Lipinski definition) is 4. The van der Waals surface area contributed by atoms with Crippen molar-refractivity contribution in [3.63, 3.8) is 0 Å². The molecule has 0 amide bonds. The number of benzene rings is 2. The first-order valence-corrected chi connectivity index (χ1v) is 11.0. The Kier molecular flexibility index (Phi) is 9.47. The van der Waals surface area contributed by atoms with Crippen LogP contribution in [0.3, 0.4) is 0 Å². The molecule has 0 unspecified atom stereocenters. The Hall–Kier alpha value is -1.75. The van der Waals surface area contributed by atoms with Crippen molar-refractivity contribution in [3.05, 3.63) is 51.1 Å². The van der Waals surface area contributed by atoms with Crippen molar-refractivity contribution in [3.8, 4) is 0 Å². The predicted octanol–water partition coefficient (Wildman–Crippen LogP) is 6.64. The third-order valence-corrected chi connectivity index (χ3v) is 5.63. The van der Waals surface area contributed by atoms with E-state index in [0.29, 0.717) is 27.0 Å². The second-order valence-corrected chi connectivity index (χ2v) is 8.11. The molecule has 0 saturated heterocycles. The van der Waals surface area contributed by atoms with Crippen molar-refractivity contribution in [1.82, 2.24) is 4.90 Å². The summed E-state index contributed by atoms with van der Waals surface area (Å²) in [5.41, 5.74) is 2.82. The van der Waals surface area contributed by atoms with E-state index >= 15 is 0 Å². The standard InChI is InChI=1S/C24H31ClN2O2.ClH/c1-4-6-13-27(14-7-5-2)15-12-26-20-11-10-19(25)24-22(20)23(28)18-9-8-17(3)16-21(18)29-24;/h8-11,16,26H,4-7,12-15H2,1-3H3;1H. The van der Waals surface area contributed by atoms with Crippen LogP contribution in [-0.2, 0) is 0 Å². The number of aryl methyl sites for hydroxylation is 1. The number of fused-ring (bicyclic) bond motifs is 2. The predicted molar refractivity (Wildman–Crippen MR) is 132 cm³/mol. The molecule has 0 spiro atoms. The lowest BCUT2D eigenvalue weighted by Crippen LogP contribution is -2.31. The Morgan fingerprint density at radius 2 is 1.73 bits per heavy atom. The van der Waals surface area contributed by atoms with Crippen LogP contribution in [0, 0.1) is 6.92 Å². The number of hydrogen-bond donors (Lipinski definition) is 1. The van der Waals surface area contributed by atoms with Gasteiger partial charge in [-0.1, -0.05) is 44.4 Å². The van der Waals surface area contributed by atoms with Crippen LogP contribution in [0.2, 0.25) is 5.02 Å². The first-order valence-electron chi connectivity index (χ1n) is 10.7. The summed E-state index contributed by atoms with van der Waals surface area (Å²) >= 11 is 6.37. The zero-order valence-electron chi connectivity index (χ0n) is 18.1. The Balaban J connectivity index is 0.00000320. The summed E-state index contributed by atoms with van der Waals surface area (Å²) in [5, 5.41) is 5.03. The topological polar surface area (TPSA) is 45.5 Å². The Labute approximate surface area is 190 Å². The monoisotopic (exact) mass is 450 g/mol. The summed E-state index contributed by atoms with van der Waals surface area (Å²) < 4.78 is 6.03. The quantitative estimate of drug-likeness (QED) is 0.351. The van der Waals surface area contributed by atoms with E-state index in [4.69, 9.17) is 16.0 Å². The first kappa shape index (κ1) is 24.5. The summed E-state index contributed by atoms with van der Waals surface area (Å²) in [6.45, 7) is 10.4. The van der Waals surface area contributed by atoms with Crippen molar-refractivity contribution < 1.29 is 4.42 Å². The van der Waals surface area contributed by atoms with Gasteiger partial charge in [0.15, 0.2) is 5.58 Å². The van der Waals surface area contributed by atoms with Crippen LogP contribution in [0.4, 0.5) is 5.69 Å². The molecule has 1 heterocycles. The minimum absolute atomic E-state index is 0. The van der Waals surface area contributed by atoms with Crippen LogP contribution >= 0.6 is 24.0 Å². The molecule has 3 aromatic rings. The van der Waals surface area contributed by atoms with Gasteiger partial charge in [-0.05, 0) is 62.7 Å². The molecule has 0 aliphatic carbocycles. The van der Waals surface area contributed by atoms with E-state index < -0.39 is 0 Å². The van der Waals surface area contributed by atoms with Gasteiger partial charge in [0.2, 0.25) is 5.43 Å². The Morgan fingerprint density at radius 3 is 2.40 bits per heavy atom. The lowest BCUT2D eigenvalue weighted by Gasteiger charge is -2.22. The number of halogens is 2. The second-order valence-electron chi connectivity index (χ2n) is 7.71. The maximum Gasteiger partial charge on any atom is 0.202 e. The zero-order chi connectivity index (χ0) is 20.8. The molecular formula is C24H32Cl2N2O2. The SMILES string of the molecule is CCCCN(CCCC)CCNc1ccc(Cl)c2oc3cc(C)ccc3c(=O)c12.Cl. The molecule has 0 atom stereocenters. The fourth-order valence-electron chi connectivity index (χ4n) is 3.62. The molecule has 0 aliphatic heterocycles. The molecule has 0 fully saturated rings. The van der Waals surface area contributed by atoms with E-state index in [0.717, 1.165) is 37.4 Å². The fraction of sp³-hybridized carbons (Fsp3) is 0.458. The van der Waals surface area contributed by atoms with Crippen molar-refractivity contribution in [2.24, 2.45) is 0 Å². The zero-order valence-corrected chi connectivity index (χ0v) is 19.7. The number of anilines is 1. The molecule has 30 heavy (non-hydrogen) atoms. The number of unbranched alkanes of at least 4 members (excludes halogenated alkanes) is 2. The van der Waals surface area contributed by atoms with Crippen molar-refractivity contribution >= 4 is 51.6 Å². The van der Waals surface area contributed by atoms with Gasteiger partial charge in [0.25, 0.3) is 0 Å². The van der Waals surface area contributed by atoms with Crippen LogP contribution in [-0.4, -0.2) is 31.1 Å².